The summed E-state index contributed by atoms with van der Waals surface area (Å²) in [5, 5.41) is 18.1. The summed E-state index contributed by atoms with van der Waals surface area (Å²) in [6.07, 6.45) is 0. The third-order valence-electron chi connectivity index (χ3n) is 1.62. The standard InChI is InChI=1S/C8H10FNO2/c1-4(10)5-2-3-6(9)8(12)7(5)11/h2-4,11-12H,10H2,1H3. The first-order valence-electron chi connectivity index (χ1n) is 3.50. The number of phenolic OH excluding ortho intramolecular Hbond substituents is 2. The van der Waals surface area contributed by atoms with Crippen LogP contribution in [0.2, 0.25) is 0 Å². The number of hydrogen-bond donors (Lipinski definition) is 3. The lowest BCUT2D eigenvalue weighted by Crippen LogP contribution is -2.05. The zero-order valence-corrected chi connectivity index (χ0v) is 6.58. The molecule has 0 aliphatic carbocycles. The summed E-state index contributed by atoms with van der Waals surface area (Å²) in [6, 6.07) is 1.97. The minimum atomic E-state index is -0.850. The van der Waals surface area contributed by atoms with Crippen molar-refractivity contribution in [1.29, 1.82) is 0 Å². The van der Waals surface area contributed by atoms with Gasteiger partial charge < -0.3 is 15.9 Å². The maximum Gasteiger partial charge on any atom is 0.194 e. The van der Waals surface area contributed by atoms with E-state index in [-0.39, 0.29) is 0 Å². The van der Waals surface area contributed by atoms with Crippen LogP contribution in [0.5, 0.6) is 11.5 Å². The number of phenols is 2. The molecule has 0 aliphatic rings. The first-order valence-corrected chi connectivity index (χ1v) is 3.50. The van der Waals surface area contributed by atoms with E-state index in [0.717, 1.165) is 6.07 Å². The molecule has 4 heteroatoms. The molecule has 0 saturated heterocycles. The lowest BCUT2D eigenvalue weighted by Gasteiger charge is -2.09. The van der Waals surface area contributed by atoms with Crippen LogP contribution >= 0.6 is 0 Å². The number of halogens is 1. The SMILES string of the molecule is CC(N)c1ccc(F)c(O)c1O. The van der Waals surface area contributed by atoms with Crippen LogP contribution in [-0.2, 0) is 0 Å². The van der Waals surface area contributed by atoms with E-state index in [9.17, 15) is 9.50 Å². The van der Waals surface area contributed by atoms with Crippen molar-refractivity contribution in [2.24, 2.45) is 5.73 Å². The molecule has 1 aromatic rings. The predicted molar refractivity (Wildman–Crippen MR) is 42.3 cm³/mol. The Balaban J connectivity index is 3.27. The monoisotopic (exact) mass is 171 g/mol. The van der Waals surface area contributed by atoms with Crippen molar-refractivity contribution in [2.75, 3.05) is 0 Å². The molecule has 0 heterocycles. The first-order chi connectivity index (χ1) is 5.54. The Kier molecular flexibility index (Phi) is 2.19. The van der Waals surface area contributed by atoms with Crippen molar-refractivity contribution in [3.63, 3.8) is 0 Å². The Labute approximate surface area is 69.3 Å². The highest BCUT2D eigenvalue weighted by atomic mass is 19.1. The van der Waals surface area contributed by atoms with Crippen LogP contribution in [0.4, 0.5) is 4.39 Å². The van der Waals surface area contributed by atoms with Crippen molar-refractivity contribution in [3.05, 3.63) is 23.5 Å². The Bertz CT molecular complexity index is 299. The van der Waals surface area contributed by atoms with Crippen molar-refractivity contribution in [2.45, 2.75) is 13.0 Å². The van der Waals surface area contributed by atoms with Gasteiger partial charge in [0.15, 0.2) is 17.3 Å². The second kappa shape index (κ2) is 2.98. The van der Waals surface area contributed by atoms with E-state index in [1.807, 2.05) is 0 Å². The van der Waals surface area contributed by atoms with Gasteiger partial charge in [-0.15, -0.1) is 0 Å². The van der Waals surface area contributed by atoms with Crippen LogP contribution in [0.15, 0.2) is 12.1 Å². The molecule has 0 fully saturated rings. The first kappa shape index (κ1) is 8.80. The Hall–Kier alpha value is -1.29. The fourth-order valence-corrected chi connectivity index (χ4v) is 0.938. The summed E-state index contributed by atoms with van der Waals surface area (Å²) in [6.45, 7) is 1.63. The third kappa shape index (κ3) is 1.33. The van der Waals surface area contributed by atoms with Crippen LogP contribution in [0, 0.1) is 5.82 Å². The van der Waals surface area contributed by atoms with E-state index < -0.39 is 23.4 Å². The molecule has 1 aromatic carbocycles. The van der Waals surface area contributed by atoms with Gasteiger partial charge in [0.1, 0.15) is 0 Å². The molecule has 0 bridgehead atoms. The average Bonchev–Trinajstić information content (AvgIpc) is 2.00. The van der Waals surface area contributed by atoms with Crippen LogP contribution in [0.3, 0.4) is 0 Å². The Morgan fingerprint density at radius 1 is 1.33 bits per heavy atom. The summed E-state index contributed by atoms with van der Waals surface area (Å²) in [5.74, 6) is -2.08. The molecule has 3 nitrogen and oxygen atoms in total. The topological polar surface area (TPSA) is 66.5 Å². The molecule has 4 N–H and O–H groups in total. The van der Waals surface area contributed by atoms with Gasteiger partial charge in [0, 0.05) is 11.6 Å². The van der Waals surface area contributed by atoms with Crippen molar-refractivity contribution < 1.29 is 14.6 Å². The molecule has 1 rings (SSSR count). The van der Waals surface area contributed by atoms with Gasteiger partial charge >= 0.3 is 0 Å². The van der Waals surface area contributed by atoms with Gasteiger partial charge in [-0.3, -0.25) is 0 Å². The van der Waals surface area contributed by atoms with Crippen LogP contribution in [0.1, 0.15) is 18.5 Å². The normalized spacial score (nSPS) is 12.9. The summed E-state index contributed by atoms with van der Waals surface area (Å²) in [5.41, 5.74) is 5.77. The minimum Gasteiger partial charge on any atom is -0.504 e. The molecule has 0 aromatic heterocycles. The molecule has 12 heavy (non-hydrogen) atoms. The molecule has 0 aliphatic heterocycles. The maximum absolute atomic E-state index is 12.6. The molecule has 1 unspecified atom stereocenters. The smallest absolute Gasteiger partial charge is 0.194 e. The summed E-state index contributed by atoms with van der Waals surface area (Å²) in [4.78, 5) is 0. The lowest BCUT2D eigenvalue weighted by atomic mass is 10.1. The largest absolute Gasteiger partial charge is 0.504 e. The fourth-order valence-electron chi connectivity index (χ4n) is 0.938. The van der Waals surface area contributed by atoms with Crippen LogP contribution < -0.4 is 5.73 Å². The van der Waals surface area contributed by atoms with Crippen molar-refractivity contribution in [1.82, 2.24) is 0 Å². The predicted octanol–water partition coefficient (Wildman–Crippen LogP) is 1.26. The molecule has 0 saturated carbocycles. The molecule has 0 spiro atoms. The van der Waals surface area contributed by atoms with Gasteiger partial charge in [-0.2, -0.15) is 0 Å². The van der Waals surface area contributed by atoms with E-state index in [1.54, 1.807) is 6.92 Å². The highest BCUT2D eigenvalue weighted by Crippen LogP contribution is 2.33. The fraction of sp³-hybridized carbons (Fsp3) is 0.250. The summed E-state index contributed by atoms with van der Waals surface area (Å²) < 4.78 is 12.6. The Morgan fingerprint density at radius 3 is 2.42 bits per heavy atom. The van der Waals surface area contributed by atoms with Gasteiger partial charge in [0.05, 0.1) is 0 Å². The maximum atomic E-state index is 12.6. The zero-order chi connectivity index (χ0) is 9.30. The molecular weight excluding hydrogens is 161 g/mol. The van der Waals surface area contributed by atoms with Gasteiger partial charge in [-0.1, -0.05) is 6.07 Å². The van der Waals surface area contributed by atoms with E-state index >= 15 is 0 Å². The quantitative estimate of drug-likeness (QED) is 0.557. The minimum absolute atomic E-state index is 0.328. The van der Waals surface area contributed by atoms with Crippen LogP contribution in [-0.4, -0.2) is 10.2 Å². The molecule has 66 valence electrons. The molecule has 0 radical (unpaired) electrons. The number of benzene rings is 1. The second-order valence-electron chi connectivity index (χ2n) is 2.62. The van der Waals surface area contributed by atoms with Crippen LogP contribution in [0.25, 0.3) is 0 Å². The lowest BCUT2D eigenvalue weighted by molar-refractivity contribution is 0.373. The number of aromatic hydroxyl groups is 2. The number of rotatable bonds is 1. The molecular formula is C8H10FNO2. The third-order valence-corrected chi connectivity index (χ3v) is 1.62. The van der Waals surface area contributed by atoms with E-state index in [0.29, 0.717) is 5.56 Å². The summed E-state index contributed by atoms with van der Waals surface area (Å²) in [7, 11) is 0. The van der Waals surface area contributed by atoms with Crippen molar-refractivity contribution in [3.8, 4) is 11.5 Å². The summed E-state index contributed by atoms with van der Waals surface area (Å²) >= 11 is 0. The number of hydrogen-bond acceptors (Lipinski definition) is 3. The highest BCUT2D eigenvalue weighted by Gasteiger charge is 2.13. The van der Waals surface area contributed by atoms with Gasteiger partial charge in [0.25, 0.3) is 0 Å². The molecule has 0 amide bonds. The van der Waals surface area contributed by atoms with E-state index in [1.165, 1.54) is 6.07 Å². The average molecular weight is 171 g/mol. The van der Waals surface area contributed by atoms with E-state index in [2.05, 4.69) is 0 Å². The van der Waals surface area contributed by atoms with E-state index in [4.69, 9.17) is 10.8 Å². The zero-order valence-electron chi connectivity index (χ0n) is 6.58. The Morgan fingerprint density at radius 2 is 1.92 bits per heavy atom. The van der Waals surface area contributed by atoms with Crippen molar-refractivity contribution >= 4 is 0 Å². The highest BCUT2D eigenvalue weighted by molar-refractivity contribution is 5.46. The second-order valence-corrected chi connectivity index (χ2v) is 2.62. The molecule has 1 atom stereocenters. The number of nitrogens with two attached hydrogens (primary N) is 1. The van der Waals surface area contributed by atoms with Gasteiger partial charge in [-0.25, -0.2) is 4.39 Å². The van der Waals surface area contributed by atoms with Gasteiger partial charge in [-0.05, 0) is 13.0 Å². The van der Waals surface area contributed by atoms with Gasteiger partial charge in [0.2, 0.25) is 0 Å².